The van der Waals surface area contributed by atoms with E-state index in [4.69, 9.17) is 4.99 Å². The van der Waals surface area contributed by atoms with Crippen molar-refractivity contribution in [3.8, 4) is 0 Å². The lowest BCUT2D eigenvalue weighted by molar-refractivity contribution is -0.130. The summed E-state index contributed by atoms with van der Waals surface area (Å²) in [6, 6.07) is 0. The van der Waals surface area contributed by atoms with Crippen LogP contribution in [0.1, 0.15) is 48.0 Å². The fraction of sp³-hybridized carbons (Fsp3) is 0.900. The highest BCUT2D eigenvalue weighted by atomic mass is 127. The Morgan fingerprint density at radius 1 is 1.07 bits per heavy atom. The maximum Gasteiger partial charge on any atom is 0.219 e. The van der Waals surface area contributed by atoms with E-state index in [1.807, 2.05) is 4.90 Å². The number of guanidine groups is 1. The van der Waals surface area contributed by atoms with Gasteiger partial charge in [0.05, 0.1) is 6.54 Å². The molecule has 0 saturated carbocycles. The van der Waals surface area contributed by atoms with Crippen molar-refractivity contribution < 1.29 is 4.79 Å². The molecule has 1 N–H and O–H groups in total. The van der Waals surface area contributed by atoms with Crippen LogP contribution in [0.25, 0.3) is 0 Å². The molecule has 158 valence electrons. The summed E-state index contributed by atoms with van der Waals surface area (Å²) in [4.78, 5) is 23.4. The summed E-state index contributed by atoms with van der Waals surface area (Å²) in [5.74, 6) is 2.67. The van der Waals surface area contributed by atoms with Gasteiger partial charge in [0.2, 0.25) is 5.91 Å². The molecule has 1 amide bonds. The summed E-state index contributed by atoms with van der Waals surface area (Å²) >= 11 is 0. The summed E-state index contributed by atoms with van der Waals surface area (Å²) in [5.41, 5.74) is 0.0603. The lowest BCUT2D eigenvalue weighted by atomic mass is 9.88. The second-order valence-electron chi connectivity index (χ2n) is 8.83. The van der Waals surface area contributed by atoms with Crippen LogP contribution in [0.4, 0.5) is 0 Å². The zero-order valence-electron chi connectivity index (χ0n) is 18.1. The lowest BCUT2D eigenvalue weighted by Crippen LogP contribution is -2.55. The van der Waals surface area contributed by atoms with Gasteiger partial charge >= 0.3 is 0 Å². The van der Waals surface area contributed by atoms with Crippen molar-refractivity contribution in [2.75, 3.05) is 52.4 Å². The number of hydrogen-bond acceptors (Lipinski definition) is 3. The van der Waals surface area contributed by atoms with Gasteiger partial charge in [0, 0.05) is 58.3 Å². The van der Waals surface area contributed by atoms with Crippen molar-refractivity contribution in [2.45, 2.75) is 53.5 Å². The Kier molecular flexibility index (Phi) is 9.82. The number of piperazine rings is 1. The normalized spacial score (nSPS) is 25.2. The van der Waals surface area contributed by atoms with Crippen LogP contribution >= 0.6 is 24.0 Å². The van der Waals surface area contributed by atoms with E-state index >= 15 is 0 Å². The molecule has 0 aromatic rings. The Hall–Kier alpha value is -0.570. The minimum atomic E-state index is 0. The van der Waals surface area contributed by atoms with Crippen LogP contribution in [0.3, 0.4) is 0 Å². The van der Waals surface area contributed by atoms with Crippen molar-refractivity contribution >= 4 is 35.8 Å². The molecule has 0 aromatic carbocycles. The van der Waals surface area contributed by atoms with Crippen molar-refractivity contribution in [3.63, 3.8) is 0 Å². The molecule has 0 aliphatic carbocycles. The molecule has 2 aliphatic heterocycles. The van der Waals surface area contributed by atoms with E-state index in [-0.39, 0.29) is 35.4 Å². The number of halogens is 1. The van der Waals surface area contributed by atoms with Gasteiger partial charge in [-0.1, -0.05) is 13.8 Å². The molecule has 27 heavy (non-hydrogen) atoms. The average Bonchev–Trinajstić information content (AvgIpc) is 2.58. The van der Waals surface area contributed by atoms with Gasteiger partial charge in [-0.25, -0.2) is 0 Å². The maximum absolute atomic E-state index is 11.5. The first-order chi connectivity index (χ1) is 12.2. The van der Waals surface area contributed by atoms with Gasteiger partial charge in [-0.05, 0) is 39.0 Å². The average molecular weight is 493 g/mol. The van der Waals surface area contributed by atoms with Crippen LogP contribution in [-0.4, -0.2) is 84.5 Å². The molecular formula is C20H40IN5O. The zero-order valence-corrected chi connectivity index (χ0v) is 20.5. The van der Waals surface area contributed by atoms with Gasteiger partial charge in [0.25, 0.3) is 0 Å². The van der Waals surface area contributed by atoms with Crippen LogP contribution < -0.4 is 5.32 Å². The lowest BCUT2D eigenvalue weighted by Gasteiger charge is -2.44. The first kappa shape index (κ1) is 24.5. The van der Waals surface area contributed by atoms with Gasteiger partial charge < -0.3 is 15.1 Å². The number of hydrogen-bond donors (Lipinski definition) is 1. The molecule has 2 fully saturated rings. The molecular weight excluding hydrogens is 453 g/mol. The van der Waals surface area contributed by atoms with Gasteiger partial charge in [-0.3, -0.25) is 14.7 Å². The van der Waals surface area contributed by atoms with Gasteiger partial charge in [0.1, 0.15) is 0 Å². The number of aliphatic imine (C=N–C) groups is 1. The Morgan fingerprint density at radius 3 is 2.07 bits per heavy atom. The van der Waals surface area contributed by atoms with Crippen LogP contribution in [0.2, 0.25) is 0 Å². The third-order valence-corrected chi connectivity index (χ3v) is 5.70. The SMILES string of the molecule is CCNC(=NCC(C)(C)N1CC(C)CC(C)C1)N1CCN(C(C)=O)CC1.I. The van der Waals surface area contributed by atoms with E-state index in [1.54, 1.807) is 6.92 Å². The number of rotatable bonds is 4. The Bertz CT molecular complexity index is 493. The number of nitrogens with one attached hydrogen (secondary N) is 1. The fourth-order valence-electron chi connectivity index (χ4n) is 4.18. The number of piperidine rings is 1. The summed E-state index contributed by atoms with van der Waals surface area (Å²) < 4.78 is 0. The second-order valence-corrected chi connectivity index (χ2v) is 8.83. The van der Waals surface area contributed by atoms with E-state index in [2.05, 4.69) is 49.7 Å². The molecule has 2 atom stereocenters. The Morgan fingerprint density at radius 2 is 1.59 bits per heavy atom. The van der Waals surface area contributed by atoms with Gasteiger partial charge in [-0.15, -0.1) is 24.0 Å². The fourth-order valence-corrected chi connectivity index (χ4v) is 4.18. The summed E-state index contributed by atoms with van der Waals surface area (Å²) in [6.07, 6.45) is 1.33. The molecule has 2 saturated heterocycles. The predicted molar refractivity (Wildman–Crippen MR) is 124 cm³/mol. The molecule has 6 nitrogen and oxygen atoms in total. The Balaban J connectivity index is 0.00000364. The van der Waals surface area contributed by atoms with Crippen LogP contribution in [0.15, 0.2) is 4.99 Å². The third-order valence-electron chi connectivity index (χ3n) is 5.70. The first-order valence-electron chi connectivity index (χ1n) is 10.3. The molecule has 2 aliphatic rings. The number of nitrogens with zero attached hydrogens (tertiary/aromatic N) is 4. The van der Waals surface area contributed by atoms with Crippen molar-refractivity contribution in [3.05, 3.63) is 0 Å². The molecule has 2 rings (SSSR count). The van der Waals surface area contributed by atoms with Crippen LogP contribution in [0, 0.1) is 11.8 Å². The molecule has 0 bridgehead atoms. The monoisotopic (exact) mass is 493 g/mol. The highest BCUT2D eigenvalue weighted by Crippen LogP contribution is 2.27. The highest BCUT2D eigenvalue weighted by Gasteiger charge is 2.33. The van der Waals surface area contributed by atoms with E-state index in [0.29, 0.717) is 0 Å². The summed E-state index contributed by atoms with van der Waals surface area (Å²) in [6.45, 7) is 20.4. The van der Waals surface area contributed by atoms with Gasteiger partial charge in [-0.2, -0.15) is 0 Å². The quantitative estimate of drug-likeness (QED) is 0.372. The molecule has 0 radical (unpaired) electrons. The molecule has 0 aromatic heterocycles. The second kappa shape index (κ2) is 10.8. The first-order valence-corrected chi connectivity index (χ1v) is 10.3. The largest absolute Gasteiger partial charge is 0.357 e. The maximum atomic E-state index is 11.5. The Labute approximate surface area is 183 Å². The van der Waals surface area contributed by atoms with Gasteiger partial charge in [0.15, 0.2) is 5.96 Å². The highest BCUT2D eigenvalue weighted by molar-refractivity contribution is 14.0. The van der Waals surface area contributed by atoms with Crippen molar-refractivity contribution in [1.29, 1.82) is 0 Å². The molecule has 2 heterocycles. The van der Waals surface area contributed by atoms with Crippen LogP contribution in [0.5, 0.6) is 0 Å². The predicted octanol–water partition coefficient (Wildman–Crippen LogP) is 2.49. The number of carbonyl (C=O) groups is 1. The van der Waals surface area contributed by atoms with Crippen LogP contribution in [-0.2, 0) is 4.79 Å². The molecule has 7 heteroatoms. The molecule has 0 spiro atoms. The van der Waals surface area contributed by atoms with E-state index in [1.165, 1.54) is 19.5 Å². The summed E-state index contributed by atoms with van der Waals surface area (Å²) in [7, 11) is 0. The summed E-state index contributed by atoms with van der Waals surface area (Å²) in [5, 5.41) is 3.44. The van der Waals surface area contributed by atoms with E-state index in [9.17, 15) is 4.79 Å². The number of likely N-dealkylation sites (tertiary alicyclic amines) is 1. The topological polar surface area (TPSA) is 51.2 Å². The third kappa shape index (κ3) is 7.07. The zero-order chi connectivity index (χ0) is 19.3. The van der Waals surface area contributed by atoms with Crippen molar-refractivity contribution in [2.24, 2.45) is 16.8 Å². The van der Waals surface area contributed by atoms with E-state index in [0.717, 1.165) is 57.1 Å². The number of amides is 1. The van der Waals surface area contributed by atoms with Crippen molar-refractivity contribution in [1.82, 2.24) is 20.0 Å². The molecule has 2 unspecified atom stereocenters. The number of carbonyl (C=O) groups excluding carboxylic acids is 1. The smallest absolute Gasteiger partial charge is 0.219 e. The van der Waals surface area contributed by atoms with E-state index < -0.39 is 0 Å². The minimum absolute atomic E-state index is 0. The minimum Gasteiger partial charge on any atom is -0.357 e. The standard InChI is InChI=1S/C20H39N5O.HI/c1-7-21-19(24-10-8-23(9-11-24)18(4)26)22-15-20(5,6)25-13-16(2)12-17(3)14-25;/h16-17H,7-15H2,1-6H3,(H,21,22);1H.